The Morgan fingerprint density at radius 2 is 1.26 bits per heavy atom. The van der Waals surface area contributed by atoms with Crippen molar-refractivity contribution in [2.75, 3.05) is 0 Å². The summed E-state index contributed by atoms with van der Waals surface area (Å²) in [4.78, 5) is 0. The highest BCUT2D eigenvalue weighted by molar-refractivity contribution is 5.65. The van der Waals surface area contributed by atoms with Gasteiger partial charge in [0.05, 0.1) is 0 Å². The van der Waals surface area contributed by atoms with Gasteiger partial charge in [-0.1, -0.05) is 75.2 Å². The van der Waals surface area contributed by atoms with Gasteiger partial charge in [-0.2, -0.15) is 0 Å². The molecule has 35 heavy (non-hydrogen) atoms. The van der Waals surface area contributed by atoms with Crippen molar-refractivity contribution < 1.29 is 17.6 Å². The molecule has 1 aliphatic carbocycles. The topological polar surface area (TPSA) is 0 Å². The number of hydrogen-bond acceptors (Lipinski definition) is 0. The van der Waals surface area contributed by atoms with E-state index >= 15 is 8.78 Å². The van der Waals surface area contributed by atoms with Crippen LogP contribution in [0.15, 0.2) is 48.5 Å². The lowest BCUT2D eigenvalue weighted by molar-refractivity contribution is 0.312. The Balaban J connectivity index is 1.44. The van der Waals surface area contributed by atoms with Crippen LogP contribution in [0.4, 0.5) is 17.6 Å². The first-order valence-corrected chi connectivity index (χ1v) is 13.0. The number of benzene rings is 3. The average molecular weight is 483 g/mol. The van der Waals surface area contributed by atoms with Crippen LogP contribution in [0.3, 0.4) is 0 Å². The zero-order valence-corrected chi connectivity index (χ0v) is 20.6. The van der Waals surface area contributed by atoms with Crippen molar-refractivity contribution in [1.29, 1.82) is 0 Å². The van der Waals surface area contributed by atoms with Crippen molar-refractivity contribution in [2.24, 2.45) is 5.92 Å². The third kappa shape index (κ3) is 5.63. The second-order valence-corrected chi connectivity index (χ2v) is 9.91. The first-order chi connectivity index (χ1) is 16.9. The third-order valence-electron chi connectivity index (χ3n) is 7.69. The minimum absolute atomic E-state index is 0.0880. The summed E-state index contributed by atoms with van der Waals surface area (Å²) in [5, 5.41) is 0. The van der Waals surface area contributed by atoms with Crippen LogP contribution in [0.2, 0.25) is 0 Å². The predicted molar refractivity (Wildman–Crippen MR) is 135 cm³/mol. The van der Waals surface area contributed by atoms with E-state index in [1.807, 2.05) is 19.1 Å². The molecule has 0 amide bonds. The van der Waals surface area contributed by atoms with E-state index in [0.29, 0.717) is 47.4 Å². The third-order valence-corrected chi connectivity index (χ3v) is 7.69. The summed E-state index contributed by atoms with van der Waals surface area (Å²) in [5.41, 5.74) is 3.04. The molecule has 0 bridgehead atoms. The van der Waals surface area contributed by atoms with Gasteiger partial charge in [-0.15, -0.1) is 0 Å². The Morgan fingerprint density at radius 1 is 0.629 bits per heavy atom. The Hall–Kier alpha value is -2.62. The molecule has 0 aromatic heterocycles. The Morgan fingerprint density at radius 3 is 1.86 bits per heavy atom. The molecule has 4 heteroatoms. The fourth-order valence-electron chi connectivity index (χ4n) is 5.40. The summed E-state index contributed by atoms with van der Waals surface area (Å²) < 4.78 is 58.7. The highest BCUT2D eigenvalue weighted by Crippen LogP contribution is 2.39. The molecule has 0 aliphatic heterocycles. The first kappa shape index (κ1) is 25.5. The molecule has 0 unspecified atom stereocenters. The fraction of sp³-hybridized carbons (Fsp3) is 0.419. The molecule has 1 saturated carbocycles. The van der Waals surface area contributed by atoms with Gasteiger partial charge < -0.3 is 0 Å². The van der Waals surface area contributed by atoms with Crippen LogP contribution in [0, 0.1) is 29.2 Å². The van der Waals surface area contributed by atoms with Gasteiger partial charge in [0.2, 0.25) is 0 Å². The van der Waals surface area contributed by atoms with Crippen LogP contribution in [-0.2, 0) is 19.3 Å². The van der Waals surface area contributed by atoms with Crippen molar-refractivity contribution in [2.45, 2.75) is 77.6 Å². The quantitative estimate of drug-likeness (QED) is 0.281. The van der Waals surface area contributed by atoms with E-state index in [2.05, 4.69) is 6.92 Å². The zero-order valence-electron chi connectivity index (χ0n) is 20.6. The van der Waals surface area contributed by atoms with Crippen molar-refractivity contribution in [3.05, 3.63) is 94.1 Å². The summed E-state index contributed by atoms with van der Waals surface area (Å²) >= 11 is 0. The lowest BCUT2D eigenvalue weighted by Crippen LogP contribution is -2.14. The van der Waals surface area contributed by atoms with E-state index < -0.39 is 23.3 Å². The monoisotopic (exact) mass is 482 g/mol. The summed E-state index contributed by atoms with van der Waals surface area (Å²) in [5.74, 6) is -2.25. The van der Waals surface area contributed by atoms with E-state index in [4.69, 9.17) is 0 Å². The van der Waals surface area contributed by atoms with Crippen LogP contribution in [-0.4, -0.2) is 0 Å². The van der Waals surface area contributed by atoms with Gasteiger partial charge in [0, 0.05) is 5.56 Å². The molecule has 1 aliphatic rings. The van der Waals surface area contributed by atoms with Crippen molar-refractivity contribution in [3.8, 4) is 11.1 Å². The molecule has 1 fully saturated rings. The molecule has 0 saturated heterocycles. The number of hydrogen-bond donors (Lipinski definition) is 0. The number of aryl methyl sites for hydroxylation is 3. The molecular weight excluding hydrogens is 448 g/mol. The minimum atomic E-state index is -0.794. The molecule has 3 aromatic rings. The zero-order chi connectivity index (χ0) is 24.9. The second-order valence-electron chi connectivity index (χ2n) is 9.91. The normalized spacial score (nSPS) is 18.1. The largest absolute Gasteiger partial charge is 0.203 e. The van der Waals surface area contributed by atoms with Gasteiger partial charge >= 0.3 is 0 Å². The summed E-state index contributed by atoms with van der Waals surface area (Å²) in [7, 11) is 0. The van der Waals surface area contributed by atoms with Crippen LogP contribution >= 0.6 is 0 Å². The van der Waals surface area contributed by atoms with Gasteiger partial charge in [0.25, 0.3) is 0 Å². The van der Waals surface area contributed by atoms with E-state index in [9.17, 15) is 8.78 Å². The molecule has 0 nitrogen and oxygen atoms in total. The van der Waals surface area contributed by atoms with Gasteiger partial charge in [0.15, 0.2) is 23.3 Å². The van der Waals surface area contributed by atoms with E-state index in [1.54, 1.807) is 36.4 Å². The molecule has 186 valence electrons. The average Bonchev–Trinajstić information content (AvgIpc) is 2.88. The van der Waals surface area contributed by atoms with E-state index in [-0.39, 0.29) is 11.5 Å². The maximum absolute atomic E-state index is 15.0. The lowest BCUT2D eigenvalue weighted by atomic mass is 9.77. The first-order valence-electron chi connectivity index (χ1n) is 13.0. The molecule has 3 aromatic carbocycles. The maximum Gasteiger partial charge on any atom is 0.166 e. The predicted octanol–water partition coefficient (Wildman–Crippen LogP) is 9.33. The molecule has 0 heterocycles. The van der Waals surface area contributed by atoms with Crippen molar-refractivity contribution in [1.82, 2.24) is 0 Å². The van der Waals surface area contributed by atoms with E-state index in [1.165, 1.54) is 0 Å². The molecule has 0 spiro atoms. The summed E-state index contributed by atoms with van der Waals surface area (Å²) in [6.45, 7) is 4.12. The van der Waals surface area contributed by atoms with Crippen LogP contribution in [0.1, 0.15) is 80.5 Å². The molecule has 0 N–H and O–H groups in total. The van der Waals surface area contributed by atoms with Gasteiger partial charge in [-0.25, -0.2) is 17.6 Å². The fourth-order valence-corrected chi connectivity index (χ4v) is 5.40. The van der Waals surface area contributed by atoms with E-state index in [0.717, 1.165) is 44.1 Å². The van der Waals surface area contributed by atoms with Crippen LogP contribution < -0.4 is 0 Å². The van der Waals surface area contributed by atoms with Crippen molar-refractivity contribution in [3.63, 3.8) is 0 Å². The Bertz CT molecular complexity index is 1140. The van der Waals surface area contributed by atoms with Crippen LogP contribution in [0.25, 0.3) is 11.1 Å². The Labute approximate surface area is 206 Å². The van der Waals surface area contributed by atoms with Gasteiger partial charge in [-0.05, 0) is 84.6 Å². The molecular formula is C31H34F4. The summed E-state index contributed by atoms with van der Waals surface area (Å²) in [6.07, 6.45) is 7.29. The van der Waals surface area contributed by atoms with Crippen LogP contribution in [0.5, 0.6) is 0 Å². The van der Waals surface area contributed by atoms with Gasteiger partial charge in [0.1, 0.15) is 0 Å². The maximum atomic E-state index is 15.0. The number of rotatable bonds is 8. The highest BCUT2D eigenvalue weighted by atomic mass is 19.2. The lowest BCUT2D eigenvalue weighted by Gasteiger charge is -2.28. The summed E-state index contributed by atoms with van der Waals surface area (Å²) in [6, 6.07) is 14.0. The minimum Gasteiger partial charge on any atom is -0.203 e. The number of halogens is 4. The highest BCUT2D eigenvalue weighted by Gasteiger charge is 2.26. The van der Waals surface area contributed by atoms with Gasteiger partial charge in [-0.3, -0.25) is 0 Å². The standard InChI is InChI=1S/C31H34F4/c1-3-5-24-16-17-25(29(33)28(24)32)15-10-21-8-13-23(14-9-21)27-19-18-26(30(34)31(27)35)22-11-6-20(4-2)7-12-22/h8-9,13-14,16-20,22H,3-7,10-12,15H2,1-2H3. The smallest absolute Gasteiger partial charge is 0.166 e. The molecule has 0 atom stereocenters. The van der Waals surface area contributed by atoms with Crippen molar-refractivity contribution >= 4 is 0 Å². The molecule has 4 rings (SSSR count). The molecule has 0 radical (unpaired) electrons. The second kappa shape index (κ2) is 11.4. The SMILES string of the molecule is CCCc1ccc(CCc2ccc(-c3ccc(C4CCC(CC)CC4)c(F)c3F)cc2)c(F)c1F. The Kier molecular flexibility index (Phi) is 8.30.